The van der Waals surface area contributed by atoms with Crippen LogP contribution in [0.5, 0.6) is 0 Å². The molecule has 1 aromatic carbocycles. The average Bonchev–Trinajstić information content (AvgIpc) is 2.78. The number of nitrogens with one attached hydrogen (secondary N) is 1. The van der Waals surface area contributed by atoms with E-state index in [1.807, 2.05) is 24.3 Å². The van der Waals surface area contributed by atoms with Crippen molar-refractivity contribution in [3.63, 3.8) is 0 Å². The van der Waals surface area contributed by atoms with Crippen LogP contribution in [0.4, 0.5) is 0 Å². The third-order valence-corrected chi connectivity index (χ3v) is 2.69. The van der Waals surface area contributed by atoms with Gasteiger partial charge in [-0.05, 0) is 19.1 Å². The van der Waals surface area contributed by atoms with Crippen LogP contribution in [0.1, 0.15) is 13.0 Å². The summed E-state index contributed by atoms with van der Waals surface area (Å²) in [5.41, 5.74) is 1.64. The Morgan fingerprint density at radius 3 is 2.89 bits per heavy atom. The lowest BCUT2D eigenvalue weighted by Gasteiger charge is -2.13. The Balaban J connectivity index is 2.20. The van der Waals surface area contributed by atoms with Gasteiger partial charge in [0.2, 0.25) is 5.91 Å². The van der Waals surface area contributed by atoms with Crippen molar-refractivity contribution in [2.24, 2.45) is 0 Å². The van der Waals surface area contributed by atoms with Crippen molar-refractivity contribution in [2.45, 2.75) is 13.0 Å². The van der Waals surface area contributed by atoms with E-state index in [2.05, 4.69) is 10.3 Å². The molecule has 1 unspecified atom stereocenters. The van der Waals surface area contributed by atoms with E-state index in [1.165, 1.54) is 0 Å². The van der Waals surface area contributed by atoms with Gasteiger partial charge in [0.15, 0.2) is 0 Å². The van der Waals surface area contributed by atoms with Crippen LogP contribution in [0.2, 0.25) is 0 Å². The molecule has 0 aliphatic carbocycles. The number of aliphatic carboxylic acids is 1. The second kappa shape index (κ2) is 4.87. The van der Waals surface area contributed by atoms with Crippen molar-refractivity contribution in [3.05, 3.63) is 30.6 Å². The number of carboxylic acids is 1. The maximum atomic E-state index is 11.8. The molecule has 18 heavy (non-hydrogen) atoms. The second-order valence-corrected chi connectivity index (χ2v) is 3.93. The molecular formula is C12H13N3O3. The highest BCUT2D eigenvalue weighted by Gasteiger charge is 2.17. The fourth-order valence-corrected chi connectivity index (χ4v) is 1.72. The van der Waals surface area contributed by atoms with Gasteiger partial charge in [-0.15, -0.1) is 0 Å². The molecule has 1 aromatic heterocycles. The van der Waals surface area contributed by atoms with Gasteiger partial charge in [-0.3, -0.25) is 9.59 Å². The zero-order valence-electron chi connectivity index (χ0n) is 9.83. The summed E-state index contributed by atoms with van der Waals surface area (Å²) in [5, 5.41) is 10.9. The number of carbonyl (C=O) groups excluding carboxylic acids is 1. The zero-order valence-corrected chi connectivity index (χ0v) is 9.83. The minimum atomic E-state index is -1.06. The minimum absolute atomic E-state index is 0.347. The highest BCUT2D eigenvalue weighted by molar-refractivity contribution is 5.86. The summed E-state index contributed by atoms with van der Waals surface area (Å²) >= 11 is 0. The van der Waals surface area contributed by atoms with Crippen LogP contribution in [0, 0.1) is 0 Å². The number of benzene rings is 1. The van der Waals surface area contributed by atoms with Gasteiger partial charge in [0.05, 0.1) is 17.4 Å². The van der Waals surface area contributed by atoms with Crippen LogP contribution in [0.3, 0.4) is 0 Å². The molecule has 0 saturated carbocycles. The average molecular weight is 247 g/mol. The Morgan fingerprint density at radius 2 is 2.17 bits per heavy atom. The summed E-state index contributed by atoms with van der Waals surface area (Å²) in [6.45, 7) is 1.32. The number of hydrogen-bond donors (Lipinski definition) is 2. The van der Waals surface area contributed by atoms with E-state index in [-0.39, 0.29) is 12.5 Å². The molecule has 2 aromatic rings. The quantitative estimate of drug-likeness (QED) is 0.836. The van der Waals surface area contributed by atoms with Crippen LogP contribution >= 0.6 is 0 Å². The normalized spacial score (nSPS) is 12.3. The van der Waals surface area contributed by atoms with Crippen molar-refractivity contribution >= 4 is 22.9 Å². The fraction of sp³-hybridized carbons (Fsp3) is 0.250. The zero-order chi connectivity index (χ0) is 13.1. The molecule has 0 bridgehead atoms. The van der Waals surface area contributed by atoms with Crippen LogP contribution in [-0.2, 0) is 9.59 Å². The van der Waals surface area contributed by atoms with Gasteiger partial charge in [0, 0.05) is 0 Å². The van der Waals surface area contributed by atoms with E-state index in [4.69, 9.17) is 5.11 Å². The van der Waals surface area contributed by atoms with Gasteiger partial charge in [-0.25, -0.2) is 4.98 Å². The van der Waals surface area contributed by atoms with Gasteiger partial charge < -0.3 is 15.0 Å². The van der Waals surface area contributed by atoms with E-state index >= 15 is 0 Å². The highest BCUT2D eigenvalue weighted by Crippen LogP contribution is 2.17. The molecule has 2 N–H and O–H groups in total. The molecule has 0 fully saturated rings. The largest absolute Gasteiger partial charge is 0.480 e. The molecule has 1 amide bonds. The molecule has 6 nitrogen and oxygen atoms in total. The number of hydrogen-bond acceptors (Lipinski definition) is 3. The predicted octanol–water partition coefficient (Wildman–Crippen LogP) is 0.798. The maximum absolute atomic E-state index is 11.8. The molecule has 2 rings (SSSR count). The molecule has 0 radical (unpaired) electrons. The van der Waals surface area contributed by atoms with Crippen LogP contribution in [-0.4, -0.2) is 33.1 Å². The highest BCUT2D eigenvalue weighted by atomic mass is 16.4. The van der Waals surface area contributed by atoms with Crippen LogP contribution in [0.25, 0.3) is 11.0 Å². The first kappa shape index (κ1) is 12.1. The van der Waals surface area contributed by atoms with Crippen molar-refractivity contribution in [1.29, 1.82) is 0 Å². The fourth-order valence-electron chi connectivity index (χ4n) is 1.72. The van der Waals surface area contributed by atoms with Gasteiger partial charge in [-0.2, -0.15) is 0 Å². The molecule has 0 aliphatic rings. The molecule has 0 spiro atoms. The number of aromatic nitrogens is 2. The summed E-state index contributed by atoms with van der Waals surface area (Å²) in [6.07, 6.45) is 1.58. The summed E-state index contributed by atoms with van der Waals surface area (Å²) in [4.78, 5) is 26.3. The molecule has 1 heterocycles. The maximum Gasteiger partial charge on any atom is 0.322 e. The number of fused-ring (bicyclic) bond motifs is 1. The smallest absolute Gasteiger partial charge is 0.322 e. The Hall–Kier alpha value is -2.37. The number of para-hydroxylation sites is 2. The molecule has 0 saturated heterocycles. The number of rotatable bonds is 4. The summed E-state index contributed by atoms with van der Waals surface area (Å²) in [5.74, 6) is -1.41. The Kier molecular flexibility index (Phi) is 3.27. The van der Waals surface area contributed by atoms with Gasteiger partial charge >= 0.3 is 5.97 Å². The molecule has 6 heteroatoms. The Bertz CT molecular complexity index is 591. The number of imidazole rings is 1. The lowest BCUT2D eigenvalue weighted by Crippen LogP contribution is -2.34. The van der Waals surface area contributed by atoms with E-state index in [0.29, 0.717) is 0 Å². The SMILES string of the molecule is CC(C(=O)NCC(=O)O)n1cnc2ccccc21. The summed E-state index contributed by atoms with van der Waals surface area (Å²) in [6, 6.07) is 6.95. The van der Waals surface area contributed by atoms with Crippen molar-refractivity contribution < 1.29 is 14.7 Å². The summed E-state index contributed by atoms with van der Waals surface area (Å²) < 4.78 is 1.71. The second-order valence-electron chi connectivity index (χ2n) is 3.93. The monoisotopic (exact) mass is 247 g/mol. The van der Waals surface area contributed by atoms with Gasteiger partial charge in [-0.1, -0.05) is 12.1 Å². The molecule has 0 aliphatic heterocycles. The van der Waals surface area contributed by atoms with Gasteiger partial charge in [0.25, 0.3) is 0 Å². The molecule has 94 valence electrons. The topological polar surface area (TPSA) is 84.2 Å². The first-order valence-corrected chi connectivity index (χ1v) is 5.50. The third-order valence-electron chi connectivity index (χ3n) is 2.69. The number of nitrogens with zero attached hydrogens (tertiary/aromatic N) is 2. The van der Waals surface area contributed by atoms with Gasteiger partial charge in [0.1, 0.15) is 12.6 Å². The Labute approximate surface area is 103 Å². The number of amides is 1. The Morgan fingerprint density at radius 1 is 1.44 bits per heavy atom. The van der Waals surface area contributed by atoms with E-state index in [1.54, 1.807) is 17.8 Å². The lowest BCUT2D eigenvalue weighted by atomic mass is 10.2. The number of carboxylic acid groups (broad SMARTS) is 1. The van der Waals surface area contributed by atoms with Crippen LogP contribution in [0.15, 0.2) is 30.6 Å². The lowest BCUT2D eigenvalue weighted by molar-refractivity contribution is -0.138. The third kappa shape index (κ3) is 2.32. The first-order valence-electron chi connectivity index (χ1n) is 5.50. The van der Waals surface area contributed by atoms with E-state index in [0.717, 1.165) is 11.0 Å². The summed E-state index contributed by atoms with van der Waals surface area (Å²) in [7, 11) is 0. The number of carbonyl (C=O) groups is 2. The van der Waals surface area contributed by atoms with Crippen molar-refractivity contribution in [1.82, 2.24) is 14.9 Å². The predicted molar refractivity (Wildman–Crippen MR) is 65.1 cm³/mol. The van der Waals surface area contributed by atoms with E-state index in [9.17, 15) is 9.59 Å². The van der Waals surface area contributed by atoms with Crippen molar-refractivity contribution in [2.75, 3.05) is 6.54 Å². The van der Waals surface area contributed by atoms with E-state index < -0.39 is 12.0 Å². The first-order chi connectivity index (χ1) is 8.59. The molecular weight excluding hydrogens is 234 g/mol. The van der Waals surface area contributed by atoms with Crippen LogP contribution < -0.4 is 5.32 Å². The standard InChI is InChI=1S/C12H13N3O3/c1-8(12(18)13-6-11(16)17)15-7-14-9-4-2-3-5-10(9)15/h2-5,7-8H,6H2,1H3,(H,13,18)(H,16,17). The minimum Gasteiger partial charge on any atom is -0.480 e. The van der Waals surface area contributed by atoms with Crippen molar-refractivity contribution in [3.8, 4) is 0 Å². The molecule has 1 atom stereocenters.